The molecule has 0 spiro atoms. The Morgan fingerprint density at radius 1 is 1.42 bits per heavy atom. The molecule has 0 aromatic carbocycles. The topological polar surface area (TPSA) is 63.4 Å². The highest BCUT2D eigenvalue weighted by atomic mass is 32.2. The van der Waals surface area contributed by atoms with Crippen LogP contribution in [0.4, 0.5) is 0 Å². The van der Waals surface area contributed by atoms with Crippen LogP contribution in [0.25, 0.3) is 0 Å². The molecule has 4 nitrogen and oxygen atoms in total. The van der Waals surface area contributed by atoms with Gasteiger partial charge in [0.1, 0.15) is 4.21 Å². The molecular formula is C13H22N2O2S2. The summed E-state index contributed by atoms with van der Waals surface area (Å²) in [5, 5.41) is 1.83. The fourth-order valence-electron chi connectivity index (χ4n) is 2.65. The number of hydrogen-bond donors (Lipinski definition) is 1. The molecule has 1 aliphatic rings. The van der Waals surface area contributed by atoms with Gasteiger partial charge in [0, 0.05) is 19.6 Å². The van der Waals surface area contributed by atoms with E-state index in [0.29, 0.717) is 23.8 Å². The van der Waals surface area contributed by atoms with Gasteiger partial charge in [0.25, 0.3) is 10.0 Å². The number of nitrogens with two attached hydrogens (primary N) is 1. The van der Waals surface area contributed by atoms with Crippen molar-refractivity contribution in [2.45, 2.75) is 43.9 Å². The Balaban J connectivity index is 2.22. The third kappa shape index (κ3) is 2.72. The van der Waals surface area contributed by atoms with Gasteiger partial charge in [0.2, 0.25) is 0 Å². The predicted octanol–water partition coefficient (Wildman–Crippen LogP) is 2.41. The van der Waals surface area contributed by atoms with Gasteiger partial charge >= 0.3 is 0 Å². The third-order valence-corrected chi connectivity index (χ3v) is 7.67. The molecule has 1 fully saturated rings. The lowest BCUT2D eigenvalue weighted by Crippen LogP contribution is -2.31. The first-order valence-electron chi connectivity index (χ1n) is 6.75. The molecule has 2 rings (SSSR count). The van der Waals surface area contributed by atoms with Gasteiger partial charge in [0.15, 0.2) is 0 Å². The van der Waals surface area contributed by atoms with Gasteiger partial charge in [-0.15, -0.1) is 11.3 Å². The zero-order valence-corrected chi connectivity index (χ0v) is 13.2. The molecule has 6 heteroatoms. The second kappa shape index (κ2) is 5.52. The largest absolute Gasteiger partial charge is 0.326 e. The maximum atomic E-state index is 12.6. The lowest BCUT2D eigenvalue weighted by atomic mass is 9.82. The van der Waals surface area contributed by atoms with Crippen LogP contribution >= 0.6 is 11.3 Å². The fourth-order valence-corrected chi connectivity index (χ4v) is 5.58. The quantitative estimate of drug-likeness (QED) is 0.908. The highest BCUT2D eigenvalue weighted by Crippen LogP contribution is 2.39. The summed E-state index contributed by atoms with van der Waals surface area (Å²) < 4.78 is 27.2. The summed E-state index contributed by atoms with van der Waals surface area (Å²) in [6.45, 7) is 5.98. The maximum absolute atomic E-state index is 12.6. The van der Waals surface area contributed by atoms with Crippen molar-refractivity contribution in [3.05, 3.63) is 17.0 Å². The summed E-state index contributed by atoms with van der Waals surface area (Å²) in [7, 11) is -3.32. The summed E-state index contributed by atoms with van der Waals surface area (Å²) in [5.74, 6) is 0. The molecule has 0 saturated carbocycles. The minimum Gasteiger partial charge on any atom is -0.326 e. The first kappa shape index (κ1) is 15.0. The summed E-state index contributed by atoms with van der Waals surface area (Å²) in [6, 6.07) is 1.71. The normalized spacial score (nSPS) is 19.9. The van der Waals surface area contributed by atoms with Crippen LogP contribution in [-0.4, -0.2) is 25.8 Å². The van der Waals surface area contributed by atoms with Crippen molar-refractivity contribution in [3.8, 4) is 0 Å². The van der Waals surface area contributed by atoms with E-state index in [-0.39, 0.29) is 5.41 Å². The van der Waals surface area contributed by atoms with Crippen LogP contribution in [0.3, 0.4) is 0 Å². The lowest BCUT2D eigenvalue weighted by molar-refractivity contribution is 0.280. The van der Waals surface area contributed by atoms with E-state index in [1.165, 1.54) is 11.3 Å². The van der Waals surface area contributed by atoms with Gasteiger partial charge in [-0.2, -0.15) is 4.31 Å². The monoisotopic (exact) mass is 302 g/mol. The van der Waals surface area contributed by atoms with E-state index in [2.05, 4.69) is 13.8 Å². The van der Waals surface area contributed by atoms with E-state index in [1.807, 2.05) is 5.38 Å². The average molecular weight is 302 g/mol. The molecule has 0 unspecified atom stereocenters. The van der Waals surface area contributed by atoms with E-state index < -0.39 is 10.0 Å². The molecule has 0 bridgehead atoms. The Bertz CT molecular complexity index is 533. The molecule has 0 amide bonds. The Hall–Kier alpha value is -0.430. The molecule has 1 saturated heterocycles. The first-order chi connectivity index (χ1) is 8.97. The smallest absolute Gasteiger partial charge is 0.252 e. The Labute approximate surface area is 119 Å². The van der Waals surface area contributed by atoms with Crippen molar-refractivity contribution >= 4 is 21.4 Å². The maximum Gasteiger partial charge on any atom is 0.252 e. The Morgan fingerprint density at radius 2 is 2.11 bits per heavy atom. The molecule has 2 N–H and O–H groups in total. The van der Waals surface area contributed by atoms with Gasteiger partial charge in [-0.05, 0) is 41.7 Å². The number of sulfonamides is 1. The summed E-state index contributed by atoms with van der Waals surface area (Å²) in [5.41, 5.74) is 6.60. The van der Waals surface area contributed by atoms with Gasteiger partial charge < -0.3 is 5.73 Å². The van der Waals surface area contributed by atoms with Crippen LogP contribution in [0.1, 0.15) is 38.7 Å². The highest BCUT2D eigenvalue weighted by Gasteiger charge is 2.40. The molecule has 1 aromatic heterocycles. The summed E-state index contributed by atoms with van der Waals surface area (Å²) in [4.78, 5) is 0. The zero-order valence-electron chi connectivity index (χ0n) is 11.6. The van der Waals surface area contributed by atoms with Crippen molar-refractivity contribution in [1.82, 2.24) is 4.31 Å². The van der Waals surface area contributed by atoms with E-state index in [9.17, 15) is 8.42 Å². The van der Waals surface area contributed by atoms with Gasteiger partial charge in [0.05, 0.1) is 0 Å². The van der Waals surface area contributed by atoms with E-state index in [4.69, 9.17) is 5.73 Å². The second-order valence-corrected chi connectivity index (χ2v) is 8.35. The van der Waals surface area contributed by atoms with Gasteiger partial charge in [-0.25, -0.2) is 8.42 Å². The van der Waals surface area contributed by atoms with Crippen molar-refractivity contribution in [2.24, 2.45) is 11.1 Å². The third-order valence-electron chi connectivity index (χ3n) is 4.36. The standard InChI is InChI=1S/C13H22N2O2S2/c1-3-13(4-2)5-6-15(10-13)19(16,17)12-7-11(8-14)9-18-12/h7,9H,3-6,8,10,14H2,1-2H3. The molecule has 108 valence electrons. The van der Waals surface area contributed by atoms with Crippen LogP contribution in [0.15, 0.2) is 15.7 Å². The Kier molecular flexibility index (Phi) is 4.35. The van der Waals surface area contributed by atoms with Crippen molar-refractivity contribution in [3.63, 3.8) is 0 Å². The summed E-state index contributed by atoms with van der Waals surface area (Å²) >= 11 is 1.27. The van der Waals surface area contributed by atoms with Crippen molar-refractivity contribution < 1.29 is 8.42 Å². The zero-order chi connectivity index (χ0) is 14.1. The molecule has 1 aromatic rings. The van der Waals surface area contributed by atoms with Crippen LogP contribution < -0.4 is 5.73 Å². The Morgan fingerprint density at radius 3 is 2.58 bits per heavy atom. The van der Waals surface area contributed by atoms with Crippen LogP contribution in [0.5, 0.6) is 0 Å². The van der Waals surface area contributed by atoms with E-state index >= 15 is 0 Å². The molecule has 0 radical (unpaired) electrons. The predicted molar refractivity (Wildman–Crippen MR) is 78.6 cm³/mol. The minimum absolute atomic E-state index is 0.168. The molecule has 2 heterocycles. The number of thiophene rings is 1. The SMILES string of the molecule is CCC1(CC)CCN(S(=O)(=O)c2cc(CN)cs2)C1. The van der Waals surface area contributed by atoms with E-state index in [0.717, 1.165) is 24.8 Å². The molecule has 0 aliphatic carbocycles. The highest BCUT2D eigenvalue weighted by molar-refractivity contribution is 7.91. The number of rotatable bonds is 5. The van der Waals surface area contributed by atoms with Crippen LogP contribution in [0, 0.1) is 5.41 Å². The molecular weight excluding hydrogens is 280 g/mol. The van der Waals surface area contributed by atoms with Crippen LogP contribution in [0.2, 0.25) is 0 Å². The minimum atomic E-state index is -3.32. The number of nitrogens with zero attached hydrogens (tertiary/aromatic N) is 1. The van der Waals surface area contributed by atoms with Crippen molar-refractivity contribution in [2.75, 3.05) is 13.1 Å². The summed E-state index contributed by atoms with van der Waals surface area (Å²) in [6.07, 6.45) is 3.04. The molecule has 1 aliphatic heterocycles. The lowest BCUT2D eigenvalue weighted by Gasteiger charge is -2.26. The van der Waals surface area contributed by atoms with Crippen LogP contribution in [-0.2, 0) is 16.6 Å². The van der Waals surface area contributed by atoms with Crippen molar-refractivity contribution in [1.29, 1.82) is 0 Å². The number of hydrogen-bond acceptors (Lipinski definition) is 4. The molecule has 19 heavy (non-hydrogen) atoms. The first-order valence-corrected chi connectivity index (χ1v) is 9.07. The van der Waals surface area contributed by atoms with Gasteiger partial charge in [-0.3, -0.25) is 0 Å². The van der Waals surface area contributed by atoms with E-state index in [1.54, 1.807) is 10.4 Å². The fraction of sp³-hybridized carbons (Fsp3) is 0.692. The molecule has 0 atom stereocenters. The average Bonchev–Trinajstić information content (AvgIpc) is 3.06. The second-order valence-electron chi connectivity index (χ2n) is 5.27. The van der Waals surface area contributed by atoms with Gasteiger partial charge in [-0.1, -0.05) is 13.8 Å².